The van der Waals surface area contributed by atoms with Gasteiger partial charge in [-0.2, -0.15) is 0 Å². The van der Waals surface area contributed by atoms with Crippen LogP contribution in [-0.4, -0.2) is 54.1 Å². The second-order valence-electron chi connectivity index (χ2n) is 6.99. The van der Waals surface area contributed by atoms with Crippen molar-refractivity contribution in [1.29, 1.82) is 0 Å². The lowest BCUT2D eigenvalue weighted by atomic mass is 10.2. The SMILES string of the molecule is COC(=O)[C@H](CCO[PH](=O)C(O)c1cc(OC)c(O)c([N+](=O)[O-])c1)NC(=O)OCc1ccccc1. The maximum absolute atomic E-state index is 12.4. The first-order valence-corrected chi connectivity index (χ1v) is 11.5. The van der Waals surface area contributed by atoms with Crippen LogP contribution in [0.25, 0.3) is 0 Å². The van der Waals surface area contributed by atoms with E-state index in [0.717, 1.165) is 31.9 Å². The highest BCUT2D eigenvalue weighted by Gasteiger charge is 2.27. The number of carbonyl (C=O) groups is 2. The smallest absolute Gasteiger partial charge is 0.408 e. The van der Waals surface area contributed by atoms with Crippen molar-refractivity contribution >= 4 is 25.8 Å². The van der Waals surface area contributed by atoms with Gasteiger partial charge >= 0.3 is 17.7 Å². The molecular formula is C21H25N2O11P. The fraction of sp³-hybridized carbons (Fsp3) is 0.333. The van der Waals surface area contributed by atoms with Crippen molar-refractivity contribution < 1.29 is 48.0 Å². The minimum Gasteiger partial charge on any atom is -0.500 e. The van der Waals surface area contributed by atoms with Crippen LogP contribution in [0.2, 0.25) is 0 Å². The number of nitro benzene ring substituents is 1. The molecular weight excluding hydrogens is 487 g/mol. The number of aliphatic hydroxyl groups is 1. The average Bonchev–Trinajstić information content (AvgIpc) is 2.86. The van der Waals surface area contributed by atoms with Crippen LogP contribution >= 0.6 is 8.03 Å². The minimum absolute atomic E-state index is 0.0286. The van der Waals surface area contributed by atoms with E-state index in [2.05, 4.69) is 10.1 Å². The molecule has 0 aliphatic heterocycles. The van der Waals surface area contributed by atoms with Gasteiger partial charge in [0.15, 0.2) is 11.6 Å². The molecule has 0 aromatic heterocycles. The molecule has 2 rings (SSSR count). The van der Waals surface area contributed by atoms with Gasteiger partial charge < -0.3 is 34.3 Å². The topological polar surface area (TPSA) is 184 Å². The van der Waals surface area contributed by atoms with Crippen molar-refractivity contribution in [3.63, 3.8) is 0 Å². The minimum atomic E-state index is -3.25. The number of nitrogens with zero attached hydrogens (tertiary/aromatic N) is 1. The summed E-state index contributed by atoms with van der Waals surface area (Å²) in [5.74, 6) is -3.62. The fourth-order valence-corrected chi connectivity index (χ4v) is 3.77. The van der Waals surface area contributed by atoms with Crippen molar-refractivity contribution in [2.45, 2.75) is 24.9 Å². The highest BCUT2D eigenvalue weighted by molar-refractivity contribution is 7.39. The molecule has 3 atom stereocenters. The number of phenolic OH excluding ortho intramolecular Hbond substituents is 1. The van der Waals surface area contributed by atoms with E-state index in [0.29, 0.717) is 0 Å². The number of ether oxygens (including phenoxy) is 3. The van der Waals surface area contributed by atoms with Crippen LogP contribution in [0.3, 0.4) is 0 Å². The molecule has 2 aromatic carbocycles. The third kappa shape index (κ3) is 7.95. The third-order valence-electron chi connectivity index (χ3n) is 4.67. The van der Waals surface area contributed by atoms with Crippen LogP contribution < -0.4 is 10.1 Å². The molecule has 3 N–H and O–H groups in total. The predicted molar refractivity (Wildman–Crippen MR) is 121 cm³/mol. The molecule has 0 bridgehead atoms. The van der Waals surface area contributed by atoms with Gasteiger partial charge in [0.05, 0.1) is 25.7 Å². The van der Waals surface area contributed by atoms with Crippen LogP contribution in [0.1, 0.15) is 23.4 Å². The van der Waals surface area contributed by atoms with E-state index in [9.17, 15) is 34.5 Å². The normalized spacial score (nSPS) is 13.2. The molecule has 190 valence electrons. The maximum Gasteiger partial charge on any atom is 0.408 e. The lowest BCUT2D eigenvalue weighted by molar-refractivity contribution is -0.386. The highest BCUT2D eigenvalue weighted by Crippen LogP contribution is 2.45. The number of rotatable bonds is 12. The number of esters is 1. The first kappa shape index (κ1) is 27.6. The van der Waals surface area contributed by atoms with Crippen LogP contribution in [0.15, 0.2) is 42.5 Å². The lowest BCUT2D eigenvalue weighted by Crippen LogP contribution is -2.42. The Kier molecular flexibility index (Phi) is 10.5. The Morgan fingerprint density at radius 1 is 1.20 bits per heavy atom. The van der Waals surface area contributed by atoms with E-state index in [4.69, 9.17) is 14.0 Å². The summed E-state index contributed by atoms with van der Waals surface area (Å²) in [7, 11) is -0.982. The summed E-state index contributed by atoms with van der Waals surface area (Å²) < 4.78 is 32.1. The molecule has 13 nitrogen and oxygen atoms in total. The number of aliphatic hydroxyl groups excluding tert-OH is 1. The zero-order valence-corrected chi connectivity index (χ0v) is 19.8. The molecule has 0 spiro atoms. The van der Waals surface area contributed by atoms with Crippen molar-refractivity contribution in [1.82, 2.24) is 5.32 Å². The second kappa shape index (κ2) is 13.3. The molecule has 35 heavy (non-hydrogen) atoms. The summed E-state index contributed by atoms with van der Waals surface area (Å²) >= 11 is 0. The van der Waals surface area contributed by atoms with E-state index in [1.807, 2.05) is 0 Å². The molecule has 0 saturated heterocycles. The van der Waals surface area contributed by atoms with E-state index >= 15 is 0 Å². The average molecular weight is 512 g/mol. The first-order valence-electron chi connectivity index (χ1n) is 10.1. The molecule has 0 saturated carbocycles. The number of methoxy groups -OCH3 is 2. The van der Waals surface area contributed by atoms with Crippen molar-refractivity contribution in [3.05, 3.63) is 63.7 Å². The Morgan fingerprint density at radius 2 is 1.89 bits per heavy atom. The number of hydrogen-bond donors (Lipinski definition) is 3. The number of nitro groups is 1. The molecule has 0 aliphatic rings. The molecule has 0 fully saturated rings. The summed E-state index contributed by atoms with van der Waals surface area (Å²) in [6, 6.07) is 9.59. The van der Waals surface area contributed by atoms with Crippen LogP contribution in [-0.2, 0) is 30.0 Å². The molecule has 0 aliphatic carbocycles. The Bertz CT molecular complexity index is 1060. The van der Waals surface area contributed by atoms with Gasteiger partial charge in [-0.25, -0.2) is 9.59 Å². The largest absolute Gasteiger partial charge is 0.500 e. The molecule has 0 radical (unpaired) electrons. The molecule has 0 heterocycles. The number of hydrogen-bond acceptors (Lipinski definition) is 11. The predicted octanol–water partition coefficient (Wildman–Crippen LogP) is 2.65. The van der Waals surface area contributed by atoms with Crippen LogP contribution in [0.5, 0.6) is 11.5 Å². The molecule has 14 heteroatoms. The van der Waals surface area contributed by atoms with Gasteiger partial charge in [-0.15, -0.1) is 0 Å². The Morgan fingerprint density at radius 3 is 2.49 bits per heavy atom. The number of nitrogens with one attached hydrogen (secondary N) is 1. The van der Waals surface area contributed by atoms with Gasteiger partial charge in [0, 0.05) is 18.1 Å². The quantitative estimate of drug-likeness (QED) is 0.164. The monoisotopic (exact) mass is 512 g/mol. The highest BCUT2D eigenvalue weighted by atomic mass is 31.1. The second-order valence-corrected chi connectivity index (χ2v) is 8.46. The van der Waals surface area contributed by atoms with E-state index in [1.54, 1.807) is 30.3 Å². The Labute approximate surface area is 200 Å². The first-order chi connectivity index (χ1) is 16.7. The number of amides is 1. The standard InChI is InChI=1S/C21H25N2O11P/c1-31-17-11-14(10-16(18(17)24)23(28)29)20(26)35(30)34-9-8-15(19(25)32-2)22-21(27)33-12-13-6-4-3-5-7-13/h3-7,10-11,15,20,24,26,35H,8-9,12H2,1-2H3,(H,22,27)/t15-,20?/m0/s1. The van der Waals surface area contributed by atoms with E-state index < -0.39 is 48.3 Å². The van der Waals surface area contributed by atoms with Gasteiger partial charge in [-0.05, 0) is 11.6 Å². The number of benzene rings is 2. The van der Waals surface area contributed by atoms with Crippen molar-refractivity contribution in [2.24, 2.45) is 0 Å². The zero-order chi connectivity index (χ0) is 26.0. The van der Waals surface area contributed by atoms with E-state index in [1.165, 1.54) is 0 Å². The van der Waals surface area contributed by atoms with Gasteiger partial charge in [0.25, 0.3) is 0 Å². The zero-order valence-electron chi connectivity index (χ0n) is 18.8. The van der Waals surface area contributed by atoms with Gasteiger partial charge in [0.2, 0.25) is 13.8 Å². The van der Waals surface area contributed by atoms with Crippen LogP contribution in [0.4, 0.5) is 10.5 Å². The molecule has 2 unspecified atom stereocenters. The summed E-state index contributed by atoms with van der Waals surface area (Å²) in [4.78, 5) is 34.3. The Hall–Kier alpha value is -3.67. The summed E-state index contributed by atoms with van der Waals surface area (Å²) in [5.41, 5.74) is -0.196. The number of aromatic hydroxyl groups is 1. The van der Waals surface area contributed by atoms with Crippen molar-refractivity contribution in [3.8, 4) is 11.5 Å². The number of phenols is 1. The third-order valence-corrected chi connectivity index (χ3v) is 5.94. The molecule has 2 aromatic rings. The summed E-state index contributed by atoms with van der Waals surface area (Å²) in [6.07, 6.45) is -1.06. The lowest BCUT2D eigenvalue weighted by Gasteiger charge is -2.17. The molecule has 1 amide bonds. The van der Waals surface area contributed by atoms with Gasteiger partial charge in [-0.1, -0.05) is 30.3 Å². The number of carbonyl (C=O) groups excluding carboxylic acids is 2. The van der Waals surface area contributed by atoms with Crippen LogP contribution in [0, 0.1) is 10.1 Å². The van der Waals surface area contributed by atoms with Gasteiger partial charge in [0.1, 0.15) is 12.6 Å². The number of alkyl carbamates (subject to hydrolysis) is 1. The maximum atomic E-state index is 12.4. The summed E-state index contributed by atoms with van der Waals surface area (Å²) in [6.45, 7) is -0.371. The van der Waals surface area contributed by atoms with E-state index in [-0.39, 0.29) is 30.9 Å². The van der Waals surface area contributed by atoms with Gasteiger partial charge in [-0.3, -0.25) is 14.7 Å². The fourth-order valence-electron chi connectivity index (χ4n) is 2.86. The summed E-state index contributed by atoms with van der Waals surface area (Å²) in [5, 5.41) is 33.6. The van der Waals surface area contributed by atoms with Crippen molar-refractivity contribution in [2.75, 3.05) is 20.8 Å². The Balaban J connectivity index is 1.96.